The zero-order chi connectivity index (χ0) is 20.1. The number of aromatic amines is 1. The second kappa shape index (κ2) is 8.04. The second-order valence-electron chi connectivity index (χ2n) is 5.71. The average molecular weight is 379 g/mol. The first kappa shape index (κ1) is 18.6. The normalized spacial score (nSPS) is 10.2. The van der Waals surface area contributed by atoms with Crippen molar-refractivity contribution in [1.82, 2.24) is 15.3 Å². The lowest BCUT2D eigenvalue weighted by atomic mass is 10.2. The SMILES string of the molecule is CNC(=O)c1[nH]cnc1C(=O)Nc1ccc(NC(=O)c2ccccc2O)cc1. The van der Waals surface area contributed by atoms with E-state index in [1.807, 2.05) is 0 Å². The topological polar surface area (TPSA) is 136 Å². The van der Waals surface area contributed by atoms with Gasteiger partial charge in [0.25, 0.3) is 17.7 Å². The van der Waals surface area contributed by atoms with Gasteiger partial charge in [-0.05, 0) is 36.4 Å². The summed E-state index contributed by atoms with van der Waals surface area (Å²) < 4.78 is 0. The summed E-state index contributed by atoms with van der Waals surface area (Å²) in [6, 6.07) is 12.6. The van der Waals surface area contributed by atoms with Gasteiger partial charge in [-0.15, -0.1) is 0 Å². The lowest BCUT2D eigenvalue weighted by Gasteiger charge is -2.09. The Morgan fingerprint density at radius 3 is 2.11 bits per heavy atom. The molecule has 0 saturated carbocycles. The zero-order valence-electron chi connectivity index (χ0n) is 14.8. The largest absolute Gasteiger partial charge is 0.507 e. The summed E-state index contributed by atoms with van der Waals surface area (Å²) in [6.45, 7) is 0. The zero-order valence-corrected chi connectivity index (χ0v) is 14.8. The van der Waals surface area contributed by atoms with E-state index in [1.54, 1.807) is 36.4 Å². The van der Waals surface area contributed by atoms with Gasteiger partial charge in [0.05, 0.1) is 11.9 Å². The molecule has 3 aromatic rings. The first-order valence-corrected chi connectivity index (χ1v) is 8.26. The molecule has 0 aliphatic carbocycles. The van der Waals surface area contributed by atoms with Gasteiger partial charge in [0.1, 0.15) is 11.4 Å². The Bertz CT molecular complexity index is 1030. The Balaban J connectivity index is 1.67. The van der Waals surface area contributed by atoms with E-state index in [1.165, 1.54) is 25.5 Å². The van der Waals surface area contributed by atoms with Crippen molar-refractivity contribution in [3.63, 3.8) is 0 Å². The van der Waals surface area contributed by atoms with Crippen LogP contribution in [0.4, 0.5) is 11.4 Å². The molecule has 28 heavy (non-hydrogen) atoms. The molecule has 0 saturated heterocycles. The number of amides is 3. The van der Waals surface area contributed by atoms with Crippen LogP contribution in [0.2, 0.25) is 0 Å². The fourth-order valence-electron chi connectivity index (χ4n) is 2.46. The van der Waals surface area contributed by atoms with Gasteiger partial charge in [-0.3, -0.25) is 14.4 Å². The van der Waals surface area contributed by atoms with Crippen molar-refractivity contribution in [3.8, 4) is 5.75 Å². The molecule has 9 nitrogen and oxygen atoms in total. The number of phenols is 1. The van der Waals surface area contributed by atoms with E-state index < -0.39 is 17.7 Å². The smallest absolute Gasteiger partial charge is 0.276 e. The van der Waals surface area contributed by atoms with Crippen LogP contribution >= 0.6 is 0 Å². The number of anilines is 2. The van der Waals surface area contributed by atoms with Crippen LogP contribution in [0.15, 0.2) is 54.9 Å². The lowest BCUT2D eigenvalue weighted by molar-refractivity contribution is 0.0943. The van der Waals surface area contributed by atoms with Crippen LogP contribution in [0.25, 0.3) is 0 Å². The number of carbonyl (C=O) groups excluding carboxylic acids is 3. The van der Waals surface area contributed by atoms with Crippen molar-refractivity contribution in [2.75, 3.05) is 17.7 Å². The van der Waals surface area contributed by atoms with Crippen molar-refractivity contribution in [2.45, 2.75) is 0 Å². The maximum absolute atomic E-state index is 12.3. The first-order valence-electron chi connectivity index (χ1n) is 8.26. The monoisotopic (exact) mass is 379 g/mol. The third-order valence-electron chi connectivity index (χ3n) is 3.86. The molecule has 9 heteroatoms. The molecular formula is C19H17N5O4. The highest BCUT2D eigenvalue weighted by molar-refractivity contribution is 6.10. The molecule has 0 radical (unpaired) electrons. The Hall–Kier alpha value is -4.14. The summed E-state index contributed by atoms with van der Waals surface area (Å²) in [4.78, 5) is 42.7. The fraction of sp³-hybridized carbons (Fsp3) is 0.0526. The number of hydrogen-bond donors (Lipinski definition) is 5. The molecule has 142 valence electrons. The van der Waals surface area contributed by atoms with E-state index in [0.29, 0.717) is 11.4 Å². The molecule has 3 amide bonds. The minimum Gasteiger partial charge on any atom is -0.507 e. The van der Waals surface area contributed by atoms with E-state index in [2.05, 4.69) is 25.9 Å². The van der Waals surface area contributed by atoms with Crippen LogP contribution in [0.3, 0.4) is 0 Å². The Morgan fingerprint density at radius 1 is 0.893 bits per heavy atom. The standard InChI is InChI=1S/C19H17N5O4/c1-20-18(27)15-16(22-10-21-15)19(28)24-12-8-6-11(7-9-12)23-17(26)13-4-2-3-5-14(13)25/h2-10,25H,1H3,(H,20,27)(H,21,22)(H,23,26)(H,24,28). The number of nitrogens with one attached hydrogen (secondary N) is 4. The number of para-hydroxylation sites is 1. The number of H-pyrrole nitrogens is 1. The van der Waals surface area contributed by atoms with Gasteiger partial charge in [-0.2, -0.15) is 0 Å². The van der Waals surface area contributed by atoms with Gasteiger partial charge in [0.2, 0.25) is 0 Å². The number of aromatic nitrogens is 2. The van der Waals surface area contributed by atoms with Gasteiger partial charge in [-0.1, -0.05) is 12.1 Å². The summed E-state index contributed by atoms with van der Waals surface area (Å²) >= 11 is 0. The van der Waals surface area contributed by atoms with Crippen molar-refractivity contribution in [2.24, 2.45) is 0 Å². The van der Waals surface area contributed by atoms with E-state index in [4.69, 9.17) is 0 Å². The molecule has 5 N–H and O–H groups in total. The molecule has 0 aliphatic heterocycles. The number of nitrogens with zero attached hydrogens (tertiary/aromatic N) is 1. The molecular weight excluding hydrogens is 362 g/mol. The number of carbonyl (C=O) groups is 3. The van der Waals surface area contributed by atoms with Crippen LogP contribution in [-0.4, -0.2) is 39.8 Å². The van der Waals surface area contributed by atoms with Gasteiger partial charge in [0, 0.05) is 18.4 Å². The number of benzene rings is 2. The molecule has 0 fully saturated rings. The van der Waals surface area contributed by atoms with E-state index in [9.17, 15) is 19.5 Å². The summed E-state index contributed by atoms with van der Waals surface area (Å²) in [5.41, 5.74) is 1.12. The number of phenolic OH excluding ortho intramolecular Hbond substituents is 1. The predicted octanol–water partition coefficient (Wildman–Crippen LogP) is 1.98. The molecule has 0 spiro atoms. The highest BCUT2D eigenvalue weighted by atomic mass is 16.3. The fourth-order valence-corrected chi connectivity index (χ4v) is 2.46. The van der Waals surface area contributed by atoms with Crippen LogP contribution in [0.5, 0.6) is 5.75 Å². The maximum Gasteiger partial charge on any atom is 0.276 e. The minimum atomic E-state index is -0.550. The predicted molar refractivity (Wildman–Crippen MR) is 102 cm³/mol. The molecule has 2 aromatic carbocycles. The van der Waals surface area contributed by atoms with Crippen molar-refractivity contribution < 1.29 is 19.5 Å². The maximum atomic E-state index is 12.3. The number of rotatable bonds is 5. The van der Waals surface area contributed by atoms with Gasteiger partial charge in [0.15, 0.2) is 5.69 Å². The van der Waals surface area contributed by atoms with E-state index >= 15 is 0 Å². The first-order chi connectivity index (χ1) is 13.5. The molecule has 1 heterocycles. The summed E-state index contributed by atoms with van der Waals surface area (Å²) in [7, 11) is 1.45. The molecule has 0 atom stereocenters. The van der Waals surface area contributed by atoms with Crippen molar-refractivity contribution in [3.05, 3.63) is 71.8 Å². The molecule has 0 unspecified atom stereocenters. The van der Waals surface area contributed by atoms with Crippen molar-refractivity contribution >= 4 is 29.1 Å². The van der Waals surface area contributed by atoms with Gasteiger partial charge >= 0.3 is 0 Å². The number of hydrogen-bond acceptors (Lipinski definition) is 5. The lowest BCUT2D eigenvalue weighted by Crippen LogP contribution is -2.23. The average Bonchev–Trinajstić information content (AvgIpc) is 3.19. The Kier molecular flexibility index (Phi) is 5.35. The van der Waals surface area contributed by atoms with Crippen LogP contribution in [0.1, 0.15) is 31.3 Å². The molecule has 0 bridgehead atoms. The molecule has 1 aromatic heterocycles. The van der Waals surface area contributed by atoms with Gasteiger partial charge in [-0.25, -0.2) is 4.98 Å². The number of aromatic hydroxyl groups is 1. The minimum absolute atomic E-state index is 0.0312. The van der Waals surface area contributed by atoms with Crippen LogP contribution < -0.4 is 16.0 Å². The molecule has 3 rings (SSSR count). The summed E-state index contributed by atoms with van der Waals surface area (Å²) in [5.74, 6) is -1.58. The third kappa shape index (κ3) is 3.98. The van der Waals surface area contributed by atoms with E-state index in [-0.39, 0.29) is 22.7 Å². The van der Waals surface area contributed by atoms with Crippen LogP contribution in [-0.2, 0) is 0 Å². The highest BCUT2D eigenvalue weighted by Gasteiger charge is 2.19. The van der Waals surface area contributed by atoms with Gasteiger partial charge < -0.3 is 26.0 Å². The third-order valence-corrected chi connectivity index (χ3v) is 3.86. The summed E-state index contributed by atoms with van der Waals surface area (Å²) in [6.07, 6.45) is 1.26. The highest BCUT2D eigenvalue weighted by Crippen LogP contribution is 2.19. The van der Waals surface area contributed by atoms with Crippen LogP contribution in [0, 0.1) is 0 Å². The summed E-state index contributed by atoms with van der Waals surface area (Å²) in [5, 5.41) is 17.4. The van der Waals surface area contributed by atoms with Crippen molar-refractivity contribution in [1.29, 1.82) is 0 Å². The molecule has 0 aliphatic rings. The second-order valence-corrected chi connectivity index (χ2v) is 5.71. The Labute approximate surface area is 159 Å². The van der Waals surface area contributed by atoms with E-state index in [0.717, 1.165) is 0 Å². The Morgan fingerprint density at radius 2 is 1.50 bits per heavy atom. The quantitative estimate of drug-likeness (QED) is 0.462. The number of imidazole rings is 1.